The smallest absolute Gasteiger partial charge is 0.156 e. The minimum Gasteiger partial charge on any atom is -0.492 e. The normalized spacial score (nSPS) is 16.3. The Morgan fingerprint density at radius 1 is 1.23 bits per heavy atom. The Bertz CT molecular complexity index is 511. The molecule has 0 unspecified atom stereocenters. The van der Waals surface area contributed by atoms with E-state index in [-0.39, 0.29) is 11.7 Å². The molecule has 1 aliphatic heterocycles. The van der Waals surface area contributed by atoms with Gasteiger partial charge in [-0.15, -0.1) is 0 Å². The van der Waals surface area contributed by atoms with E-state index < -0.39 is 0 Å². The molecule has 120 valence electrons. The van der Waals surface area contributed by atoms with Gasteiger partial charge >= 0.3 is 0 Å². The van der Waals surface area contributed by atoms with Crippen LogP contribution >= 0.6 is 0 Å². The van der Waals surface area contributed by atoms with Crippen LogP contribution in [0.15, 0.2) is 29.8 Å². The molecule has 1 saturated heterocycles. The van der Waals surface area contributed by atoms with Crippen LogP contribution in [0.1, 0.15) is 39.2 Å². The number of hydrogen-bond acceptors (Lipinski definition) is 3. The molecule has 22 heavy (non-hydrogen) atoms. The van der Waals surface area contributed by atoms with Gasteiger partial charge in [0.2, 0.25) is 0 Å². The monoisotopic (exact) mass is 301 g/mol. The first-order valence-corrected chi connectivity index (χ1v) is 8.24. The fraction of sp³-hybridized carbons (Fsp3) is 0.526. The average Bonchev–Trinajstić information content (AvgIpc) is 2.99. The van der Waals surface area contributed by atoms with Crippen LogP contribution in [0.5, 0.6) is 5.75 Å². The molecule has 0 saturated carbocycles. The summed E-state index contributed by atoms with van der Waals surface area (Å²) < 4.78 is 5.79. The number of carbonyl (C=O) groups excluding carboxylic acids is 1. The quantitative estimate of drug-likeness (QED) is 0.718. The second kappa shape index (κ2) is 8.14. The van der Waals surface area contributed by atoms with E-state index in [2.05, 4.69) is 4.90 Å². The van der Waals surface area contributed by atoms with Crippen molar-refractivity contribution in [1.29, 1.82) is 0 Å². The molecule has 3 nitrogen and oxygen atoms in total. The standard InChI is InChI=1S/C19H27NO2/c1-15(2)19(16(3)21)14-17-6-8-18(9-7-17)22-13-12-20-10-4-5-11-20/h6-9,14-15H,4-5,10-13H2,1-3H3/b19-14+. The molecule has 0 radical (unpaired) electrons. The molecule has 1 aromatic rings. The Morgan fingerprint density at radius 3 is 2.41 bits per heavy atom. The molecule has 0 atom stereocenters. The summed E-state index contributed by atoms with van der Waals surface area (Å²) in [5, 5.41) is 0. The predicted octanol–water partition coefficient (Wildman–Crippen LogP) is 3.79. The van der Waals surface area contributed by atoms with Crippen LogP contribution in [0.3, 0.4) is 0 Å². The second-order valence-electron chi connectivity index (χ2n) is 6.28. The van der Waals surface area contributed by atoms with Crippen molar-refractivity contribution < 1.29 is 9.53 Å². The lowest BCUT2D eigenvalue weighted by Gasteiger charge is -2.15. The molecular weight excluding hydrogens is 274 g/mol. The molecule has 0 aromatic heterocycles. The van der Waals surface area contributed by atoms with Gasteiger partial charge in [0.25, 0.3) is 0 Å². The number of ether oxygens (including phenoxy) is 1. The van der Waals surface area contributed by atoms with Crippen LogP contribution in [0.4, 0.5) is 0 Å². The number of hydrogen-bond donors (Lipinski definition) is 0. The summed E-state index contributed by atoms with van der Waals surface area (Å²) in [4.78, 5) is 14.1. The highest BCUT2D eigenvalue weighted by atomic mass is 16.5. The van der Waals surface area contributed by atoms with E-state index in [9.17, 15) is 4.79 Å². The highest BCUT2D eigenvalue weighted by Gasteiger charge is 2.11. The van der Waals surface area contributed by atoms with E-state index in [0.29, 0.717) is 0 Å². The van der Waals surface area contributed by atoms with Gasteiger partial charge in [-0.3, -0.25) is 9.69 Å². The van der Waals surface area contributed by atoms with Crippen LogP contribution in [0, 0.1) is 5.92 Å². The molecule has 1 heterocycles. The third kappa shape index (κ3) is 4.99. The predicted molar refractivity (Wildman–Crippen MR) is 91.1 cm³/mol. The van der Waals surface area contributed by atoms with E-state index in [1.807, 2.05) is 44.2 Å². The van der Waals surface area contributed by atoms with E-state index >= 15 is 0 Å². The number of nitrogens with zero attached hydrogens (tertiary/aromatic N) is 1. The number of carbonyl (C=O) groups is 1. The molecule has 1 aliphatic rings. The second-order valence-corrected chi connectivity index (χ2v) is 6.28. The third-order valence-electron chi connectivity index (χ3n) is 4.11. The molecule has 0 amide bonds. The van der Waals surface area contributed by atoms with Gasteiger partial charge < -0.3 is 4.74 Å². The maximum Gasteiger partial charge on any atom is 0.156 e. The number of rotatable bonds is 7. The van der Waals surface area contributed by atoms with Crippen molar-refractivity contribution in [2.75, 3.05) is 26.2 Å². The lowest BCUT2D eigenvalue weighted by molar-refractivity contribution is -0.113. The maximum absolute atomic E-state index is 11.6. The largest absolute Gasteiger partial charge is 0.492 e. The molecule has 3 heteroatoms. The Labute approximate surface area is 134 Å². The number of benzene rings is 1. The Balaban J connectivity index is 1.89. The van der Waals surface area contributed by atoms with E-state index in [4.69, 9.17) is 4.74 Å². The summed E-state index contributed by atoms with van der Waals surface area (Å²) in [6, 6.07) is 7.98. The van der Waals surface area contributed by atoms with Crippen LogP contribution < -0.4 is 4.74 Å². The molecule has 1 aromatic carbocycles. The zero-order chi connectivity index (χ0) is 15.9. The summed E-state index contributed by atoms with van der Waals surface area (Å²) in [7, 11) is 0. The van der Waals surface area contributed by atoms with Crippen LogP contribution in [-0.4, -0.2) is 36.9 Å². The fourth-order valence-electron chi connectivity index (χ4n) is 2.81. The minimum atomic E-state index is 0.140. The van der Waals surface area contributed by atoms with Crippen molar-refractivity contribution in [3.63, 3.8) is 0 Å². The summed E-state index contributed by atoms with van der Waals surface area (Å²) in [6.07, 6.45) is 4.60. The van der Waals surface area contributed by atoms with Gasteiger partial charge in [-0.1, -0.05) is 26.0 Å². The summed E-state index contributed by atoms with van der Waals surface area (Å²) >= 11 is 0. The molecular formula is C19H27NO2. The van der Waals surface area contributed by atoms with Crippen molar-refractivity contribution in [3.8, 4) is 5.75 Å². The zero-order valence-corrected chi connectivity index (χ0v) is 14.0. The molecule has 2 rings (SSSR count). The first-order valence-electron chi connectivity index (χ1n) is 8.24. The molecule has 0 aliphatic carbocycles. The lowest BCUT2D eigenvalue weighted by Crippen LogP contribution is -2.25. The summed E-state index contributed by atoms with van der Waals surface area (Å²) in [5.41, 5.74) is 1.91. The van der Waals surface area contributed by atoms with Crippen LogP contribution in [0.2, 0.25) is 0 Å². The number of likely N-dealkylation sites (tertiary alicyclic amines) is 1. The Kier molecular flexibility index (Phi) is 6.20. The topological polar surface area (TPSA) is 29.5 Å². The van der Waals surface area contributed by atoms with Crippen LogP contribution in [-0.2, 0) is 4.79 Å². The SMILES string of the molecule is CC(=O)/C(=C/c1ccc(OCCN2CCCC2)cc1)C(C)C. The summed E-state index contributed by atoms with van der Waals surface area (Å²) in [5.74, 6) is 1.28. The average molecular weight is 301 g/mol. The molecule has 0 N–H and O–H groups in total. The Hall–Kier alpha value is -1.61. The molecule has 0 spiro atoms. The van der Waals surface area contributed by atoms with Crippen molar-refractivity contribution >= 4 is 11.9 Å². The first kappa shape index (κ1) is 16.8. The summed E-state index contributed by atoms with van der Waals surface area (Å²) in [6.45, 7) is 9.86. The van der Waals surface area contributed by atoms with Crippen LogP contribution in [0.25, 0.3) is 6.08 Å². The van der Waals surface area contributed by atoms with Gasteiger partial charge in [0.05, 0.1) is 0 Å². The van der Waals surface area contributed by atoms with E-state index in [1.54, 1.807) is 6.92 Å². The van der Waals surface area contributed by atoms with Crippen molar-refractivity contribution in [3.05, 3.63) is 35.4 Å². The maximum atomic E-state index is 11.6. The van der Waals surface area contributed by atoms with Crippen molar-refractivity contribution in [1.82, 2.24) is 4.90 Å². The van der Waals surface area contributed by atoms with Gasteiger partial charge in [0.15, 0.2) is 5.78 Å². The number of allylic oxidation sites excluding steroid dienone is 1. The van der Waals surface area contributed by atoms with Gasteiger partial charge in [0.1, 0.15) is 12.4 Å². The van der Waals surface area contributed by atoms with E-state index in [0.717, 1.165) is 30.0 Å². The van der Waals surface area contributed by atoms with Gasteiger partial charge in [-0.2, -0.15) is 0 Å². The highest BCUT2D eigenvalue weighted by molar-refractivity contribution is 5.98. The lowest BCUT2D eigenvalue weighted by atomic mass is 9.97. The number of ketones is 1. The molecule has 0 bridgehead atoms. The Morgan fingerprint density at radius 2 is 1.86 bits per heavy atom. The minimum absolute atomic E-state index is 0.140. The van der Waals surface area contributed by atoms with E-state index in [1.165, 1.54) is 25.9 Å². The van der Waals surface area contributed by atoms with Crippen molar-refractivity contribution in [2.24, 2.45) is 5.92 Å². The van der Waals surface area contributed by atoms with Gasteiger partial charge in [-0.05, 0) is 68.1 Å². The zero-order valence-electron chi connectivity index (χ0n) is 14.0. The fourth-order valence-corrected chi connectivity index (χ4v) is 2.81. The third-order valence-corrected chi connectivity index (χ3v) is 4.11. The first-order chi connectivity index (χ1) is 10.6. The molecule has 1 fully saturated rings. The number of Topliss-reactive ketones (excluding diaryl/α,β-unsaturated/α-hetero) is 1. The van der Waals surface area contributed by atoms with Gasteiger partial charge in [0, 0.05) is 6.54 Å². The highest BCUT2D eigenvalue weighted by Crippen LogP contribution is 2.18. The van der Waals surface area contributed by atoms with Gasteiger partial charge in [-0.25, -0.2) is 0 Å². The van der Waals surface area contributed by atoms with Crippen molar-refractivity contribution in [2.45, 2.75) is 33.6 Å².